The van der Waals surface area contributed by atoms with Gasteiger partial charge in [0, 0.05) is 30.1 Å². The summed E-state index contributed by atoms with van der Waals surface area (Å²) in [4.78, 5) is 29.7. The van der Waals surface area contributed by atoms with Gasteiger partial charge in [0.2, 0.25) is 12.2 Å². The smallest absolute Gasteiger partial charge is 0.276 e. The first kappa shape index (κ1) is 18.9. The lowest BCUT2D eigenvalue weighted by atomic mass is 10.1. The molecule has 8 nitrogen and oxygen atoms in total. The maximum absolute atomic E-state index is 12.7. The predicted molar refractivity (Wildman–Crippen MR) is 109 cm³/mol. The number of carbonyl (C=O) groups is 1. The number of carbonyl (C=O) groups excluding carboxylic acids is 1. The minimum atomic E-state index is -0.618. The Kier molecular flexibility index (Phi) is 4.94. The van der Waals surface area contributed by atoms with Crippen LogP contribution in [0.1, 0.15) is 28.5 Å². The van der Waals surface area contributed by atoms with Gasteiger partial charge in [0.1, 0.15) is 11.2 Å². The van der Waals surface area contributed by atoms with Gasteiger partial charge in [0.25, 0.3) is 5.91 Å². The molecule has 0 bridgehead atoms. The number of nitrogens with zero attached hydrogens (tertiary/aromatic N) is 3. The number of amides is 1. The minimum absolute atomic E-state index is 0.0149. The van der Waals surface area contributed by atoms with E-state index < -0.39 is 11.3 Å². The molecule has 1 amide bonds. The Balaban J connectivity index is 1.61. The molecular weight excluding hydrogens is 396 g/mol. The highest BCUT2D eigenvalue weighted by molar-refractivity contribution is 6.33. The van der Waals surface area contributed by atoms with Crippen molar-refractivity contribution >= 4 is 34.8 Å². The van der Waals surface area contributed by atoms with Crippen LogP contribution in [0.2, 0.25) is 5.02 Å². The lowest BCUT2D eigenvalue weighted by Crippen LogP contribution is -2.27. The van der Waals surface area contributed by atoms with E-state index in [9.17, 15) is 9.59 Å². The van der Waals surface area contributed by atoms with Crippen LogP contribution < -0.4 is 20.3 Å². The average molecular weight is 413 g/mol. The van der Waals surface area contributed by atoms with Crippen molar-refractivity contribution in [1.29, 1.82) is 0 Å². The summed E-state index contributed by atoms with van der Waals surface area (Å²) in [5.41, 5.74) is 3.85. The van der Waals surface area contributed by atoms with Gasteiger partial charge in [0.05, 0.1) is 16.6 Å². The number of aromatic nitrogens is 2. The van der Waals surface area contributed by atoms with Crippen molar-refractivity contribution in [3.8, 4) is 11.5 Å². The number of halogens is 1. The third kappa shape index (κ3) is 3.54. The van der Waals surface area contributed by atoms with Crippen molar-refractivity contribution < 1.29 is 14.3 Å². The van der Waals surface area contributed by atoms with E-state index in [-0.39, 0.29) is 12.4 Å². The summed E-state index contributed by atoms with van der Waals surface area (Å²) in [6, 6.07) is 6.70. The largest absolute Gasteiger partial charge is 0.454 e. The van der Waals surface area contributed by atoms with Gasteiger partial charge in [-0.3, -0.25) is 9.59 Å². The molecule has 1 aromatic carbocycles. The Hall–Kier alpha value is -3.39. The first-order chi connectivity index (χ1) is 14.0. The SMILES string of the molecule is CCn1cc(C(=O)N/N=C/c2cc3c(cc2Cl)OCO3)c(=O)c2ccc(C)nc21. The Morgan fingerprint density at radius 3 is 2.86 bits per heavy atom. The quantitative estimate of drug-likeness (QED) is 0.525. The van der Waals surface area contributed by atoms with Crippen molar-refractivity contribution in [3.63, 3.8) is 0 Å². The molecule has 0 fully saturated rings. The first-order valence-corrected chi connectivity index (χ1v) is 9.29. The molecule has 4 rings (SSSR count). The molecule has 0 saturated heterocycles. The number of nitrogens with one attached hydrogen (secondary N) is 1. The van der Waals surface area contributed by atoms with Crippen LogP contribution in [-0.4, -0.2) is 28.5 Å². The third-order valence-corrected chi connectivity index (χ3v) is 4.83. The second-order valence-electron chi connectivity index (χ2n) is 6.41. The maximum Gasteiger partial charge on any atom is 0.276 e. The van der Waals surface area contributed by atoms with Gasteiger partial charge in [0.15, 0.2) is 11.5 Å². The van der Waals surface area contributed by atoms with Crippen LogP contribution >= 0.6 is 11.6 Å². The molecule has 0 radical (unpaired) electrons. The van der Waals surface area contributed by atoms with Crippen LogP contribution in [0, 0.1) is 6.92 Å². The van der Waals surface area contributed by atoms with Gasteiger partial charge in [-0.1, -0.05) is 11.6 Å². The lowest BCUT2D eigenvalue weighted by molar-refractivity contribution is 0.0953. The highest BCUT2D eigenvalue weighted by Gasteiger charge is 2.17. The Morgan fingerprint density at radius 1 is 1.34 bits per heavy atom. The van der Waals surface area contributed by atoms with Crippen molar-refractivity contribution in [2.75, 3.05) is 6.79 Å². The molecule has 9 heteroatoms. The normalized spacial score (nSPS) is 12.7. The molecule has 1 N–H and O–H groups in total. The summed E-state index contributed by atoms with van der Waals surface area (Å²) >= 11 is 6.18. The predicted octanol–water partition coefficient (Wildman–Crippen LogP) is 2.87. The second-order valence-corrected chi connectivity index (χ2v) is 6.82. The molecule has 0 spiro atoms. The van der Waals surface area contributed by atoms with Gasteiger partial charge < -0.3 is 14.0 Å². The fourth-order valence-corrected chi connectivity index (χ4v) is 3.22. The molecule has 3 aromatic rings. The molecule has 29 heavy (non-hydrogen) atoms. The summed E-state index contributed by atoms with van der Waals surface area (Å²) in [7, 11) is 0. The van der Waals surface area contributed by atoms with Crippen LogP contribution in [0.15, 0.2) is 40.4 Å². The number of ether oxygens (including phenoxy) is 2. The van der Waals surface area contributed by atoms with Gasteiger partial charge in [-0.05, 0) is 32.0 Å². The Morgan fingerprint density at radius 2 is 2.10 bits per heavy atom. The molecule has 1 aliphatic heterocycles. The Labute approximate surface area is 170 Å². The molecule has 2 aromatic heterocycles. The van der Waals surface area contributed by atoms with Crippen molar-refractivity contribution in [3.05, 3.63) is 62.5 Å². The van der Waals surface area contributed by atoms with Gasteiger partial charge in [-0.2, -0.15) is 5.10 Å². The van der Waals surface area contributed by atoms with E-state index in [0.717, 1.165) is 5.69 Å². The van der Waals surface area contributed by atoms with E-state index in [1.807, 2.05) is 13.8 Å². The summed E-state index contributed by atoms with van der Waals surface area (Å²) in [5, 5.41) is 4.70. The molecule has 148 valence electrons. The zero-order chi connectivity index (χ0) is 20.5. The van der Waals surface area contributed by atoms with Crippen LogP contribution in [0.4, 0.5) is 0 Å². The van der Waals surface area contributed by atoms with E-state index in [1.165, 1.54) is 12.4 Å². The van der Waals surface area contributed by atoms with Gasteiger partial charge in [-0.25, -0.2) is 10.4 Å². The molecule has 0 aliphatic carbocycles. The summed E-state index contributed by atoms with van der Waals surface area (Å²) in [6.45, 7) is 4.45. The van der Waals surface area contributed by atoms with Crippen LogP contribution in [0.3, 0.4) is 0 Å². The highest BCUT2D eigenvalue weighted by Crippen LogP contribution is 2.36. The van der Waals surface area contributed by atoms with Gasteiger partial charge >= 0.3 is 0 Å². The van der Waals surface area contributed by atoms with Crippen LogP contribution in [0.5, 0.6) is 11.5 Å². The molecule has 0 saturated carbocycles. The number of fused-ring (bicyclic) bond motifs is 2. The lowest BCUT2D eigenvalue weighted by Gasteiger charge is -2.10. The van der Waals surface area contributed by atoms with Crippen molar-refractivity contribution in [2.45, 2.75) is 20.4 Å². The molecular formula is C20H17ClN4O4. The number of hydrogen-bond acceptors (Lipinski definition) is 6. The number of aryl methyl sites for hydroxylation is 2. The first-order valence-electron chi connectivity index (χ1n) is 8.91. The molecule has 1 aliphatic rings. The Bertz CT molecular complexity index is 1220. The number of pyridine rings is 2. The maximum atomic E-state index is 12.7. The van der Waals surface area contributed by atoms with Crippen molar-refractivity contribution in [2.24, 2.45) is 5.10 Å². The van der Waals surface area contributed by atoms with Crippen molar-refractivity contribution in [1.82, 2.24) is 15.0 Å². The number of benzene rings is 1. The fourth-order valence-electron chi connectivity index (χ4n) is 3.02. The number of hydrazone groups is 1. The monoisotopic (exact) mass is 412 g/mol. The van der Waals surface area contributed by atoms with E-state index in [2.05, 4.69) is 15.5 Å². The fraction of sp³-hybridized carbons (Fsp3) is 0.200. The average Bonchev–Trinajstić information content (AvgIpc) is 3.15. The number of rotatable bonds is 4. The zero-order valence-corrected chi connectivity index (χ0v) is 16.5. The van der Waals surface area contributed by atoms with Crippen LogP contribution in [0.25, 0.3) is 11.0 Å². The van der Waals surface area contributed by atoms with E-state index in [4.69, 9.17) is 21.1 Å². The van der Waals surface area contributed by atoms with Crippen LogP contribution in [-0.2, 0) is 6.54 Å². The molecule has 0 atom stereocenters. The molecule has 0 unspecified atom stereocenters. The third-order valence-electron chi connectivity index (χ3n) is 4.51. The zero-order valence-electron chi connectivity index (χ0n) is 15.7. The molecule has 3 heterocycles. The minimum Gasteiger partial charge on any atom is -0.454 e. The van der Waals surface area contributed by atoms with E-state index in [1.54, 1.807) is 28.8 Å². The summed E-state index contributed by atoms with van der Waals surface area (Å²) < 4.78 is 12.3. The van der Waals surface area contributed by atoms with E-state index >= 15 is 0 Å². The second kappa shape index (κ2) is 7.56. The van der Waals surface area contributed by atoms with Gasteiger partial charge in [-0.15, -0.1) is 0 Å². The number of hydrogen-bond donors (Lipinski definition) is 1. The standard InChI is InChI=1S/C20H17ClN4O4/c1-3-25-9-14(18(26)13-5-4-11(2)23-19(13)25)20(27)24-22-8-12-6-16-17(7-15(12)21)29-10-28-16/h4-9H,3,10H2,1-2H3,(H,24,27)/b22-8+. The summed E-state index contributed by atoms with van der Waals surface area (Å²) in [5.74, 6) is 0.481. The summed E-state index contributed by atoms with van der Waals surface area (Å²) in [6.07, 6.45) is 2.88. The topological polar surface area (TPSA) is 94.8 Å². The highest BCUT2D eigenvalue weighted by atomic mass is 35.5. The van der Waals surface area contributed by atoms with E-state index in [0.29, 0.717) is 39.7 Å².